The summed E-state index contributed by atoms with van der Waals surface area (Å²) in [6, 6.07) is 8.22. The van der Waals surface area contributed by atoms with Gasteiger partial charge in [-0.2, -0.15) is 5.10 Å². The van der Waals surface area contributed by atoms with E-state index in [1.54, 1.807) is 12.1 Å². The second-order valence-corrected chi connectivity index (χ2v) is 6.12. The molecule has 3 rings (SSSR count). The van der Waals surface area contributed by atoms with Gasteiger partial charge < -0.3 is 10.1 Å². The van der Waals surface area contributed by atoms with Crippen LogP contribution in [0.4, 0.5) is 10.1 Å². The minimum absolute atomic E-state index is 0.171. The van der Waals surface area contributed by atoms with Crippen molar-refractivity contribution < 1.29 is 18.7 Å². The molecule has 0 unspecified atom stereocenters. The first-order valence-corrected chi connectivity index (χ1v) is 8.26. The average Bonchev–Trinajstić information content (AvgIpc) is 3.16. The fourth-order valence-corrected chi connectivity index (χ4v) is 2.53. The van der Waals surface area contributed by atoms with Crippen molar-refractivity contribution in [1.82, 2.24) is 14.8 Å². The third kappa shape index (κ3) is 4.60. The van der Waals surface area contributed by atoms with E-state index in [0.717, 1.165) is 12.1 Å². The van der Waals surface area contributed by atoms with E-state index in [-0.39, 0.29) is 10.6 Å². The molecule has 138 valence electrons. The number of amides is 1. The molecule has 0 aliphatic heterocycles. The van der Waals surface area contributed by atoms with Crippen LogP contribution in [0.25, 0.3) is 5.69 Å². The van der Waals surface area contributed by atoms with E-state index >= 15 is 0 Å². The standard InChI is InChI=1S/C17H11Cl2FN4O3/c18-10-1-3-13(20)12(5-10)17(26)27-7-16(25)23-14-6-11(19)2-4-15(14)24-9-21-8-22-24/h1-6,8-9H,7H2,(H,23,25). The molecule has 2 aromatic carbocycles. The number of esters is 1. The quantitative estimate of drug-likeness (QED) is 0.652. The Morgan fingerprint density at radius 2 is 1.89 bits per heavy atom. The second-order valence-electron chi connectivity index (χ2n) is 5.25. The molecule has 0 atom stereocenters. The zero-order valence-electron chi connectivity index (χ0n) is 13.5. The third-order valence-corrected chi connectivity index (χ3v) is 3.85. The van der Waals surface area contributed by atoms with Crippen molar-refractivity contribution in [1.29, 1.82) is 0 Å². The highest BCUT2D eigenvalue weighted by molar-refractivity contribution is 6.31. The summed E-state index contributed by atoms with van der Waals surface area (Å²) in [7, 11) is 0. The molecule has 0 radical (unpaired) electrons. The lowest BCUT2D eigenvalue weighted by Crippen LogP contribution is -2.22. The Hall–Kier alpha value is -2.97. The molecule has 0 fully saturated rings. The molecule has 0 spiro atoms. The fourth-order valence-electron chi connectivity index (χ4n) is 2.19. The number of nitrogens with one attached hydrogen (secondary N) is 1. The normalized spacial score (nSPS) is 10.5. The molecule has 7 nitrogen and oxygen atoms in total. The maximum atomic E-state index is 13.7. The van der Waals surface area contributed by atoms with Crippen LogP contribution in [0, 0.1) is 5.82 Å². The van der Waals surface area contributed by atoms with Gasteiger partial charge in [-0.25, -0.2) is 18.9 Å². The van der Waals surface area contributed by atoms with Gasteiger partial charge in [0.2, 0.25) is 0 Å². The predicted molar refractivity (Wildman–Crippen MR) is 96.7 cm³/mol. The summed E-state index contributed by atoms with van der Waals surface area (Å²) in [6.07, 6.45) is 2.78. The van der Waals surface area contributed by atoms with Crippen molar-refractivity contribution in [3.8, 4) is 5.69 Å². The lowest BCUT2D eigenvalue weighted by atomic mass is 10.2. The number of benzene rings is 2. The monoisotopic (exact) mass is 408 g/mol. The van der Waals surface area contributed by atoms with Gasteiger partial charge in [0, 0.05) is 10.0 Å². The van der Waals surface area contributed by atoms with Gasteiger partial charge in [-0.05, 0) is 36.4 Å². The van der Waals surface area contributed by atoms with Gasteiger partial charge in [-0.1, -0.05) is 23.2 Å². The largest absolute Gasteiger partial charge is 0.452 e. The molecule has 0 aliphatic carbocycles. The molecule has 0 saturated carbocycles. The molecular weight excluding hydrogens is 398 g/mol. The molecule has 1 N–H and O–H groups in total. The lowest BCUT2D eigenvalue weighted by molar-refractivity contribution is -0.119. The van der Waals surface area contributed by atoms with Gasteiger partial charge >= 0.3 is 5.97 Å². The van der Waals surface area contributed by atoms with Gasteiger partial charge in [0.1, 0.15) is 18.5 Å². The Balaban J connectivity index is 1.69. The lowest BCUT2D eigenvalue weighted by Gasteiger charge is -2.12. The van der Waals surface area contributed by atoms with Crippen molar-refractivity contribution >= 4 is 40.8 Å². The van der Waals surface area contributed by atoms with Crippen LogP contribution >= 0.6 is 23.2 Å². The highest BCUT2D eigenvalue weighted by Gasteiger charge is 2.16. The number of hydrogen-bond donors (Lipinski definition) is 1. The summed E-state index contributed by atoms with van der Waals surface area (Å²) < 4.78 is 19.9. The maximum absolute atomic E-state index is 13.7. The van der Waals surface area contributed by atoms with Crippen LogP contribution < -0.4 is 5.32 Å². The Morgan fingerprint density at radius 1 is 1.15 bits per heavy atom. The highest BCUT2D eigenvalue weighted by Crippen LogP contribution is 2.24. The fraction of sp³-hybridized carbons (Fsp3) is 0.0588. The summed E-state index contributed by atoms with van der Waals surface area (Å²) >= 11 is 11.7. The highest BCUT2D eigenvalue weighted by atomic mass is 35.5. The maximum Gasteiger partial charge on any atom is 0.341 e. The molecular formula is C17H11Cl2FN4O3. The molecule has 1 amide bonds. The Kier molecular flexibility index (Phi) is 5.68. The number of nitrogens with zero attached hydrogens (tertiary/aromatic N) is 3. The van der Waals surface area contributed by atoms with Crippen LogP contribution in [0.2, 0.25) is 10.0 Å². The van der Waals surface area contributed by atoms with Crippen molar-refractivity contribution in [3.05, 3.63) is 70.5 Å². The van der Waals surface area contributed by atoms with Crippen LogP contribution in [0.1, 0.15) is 10.4 Å². The van der Waals surface area contributed by atoms with Crippen molar-refractivity contribution in [3.63, 3.8) is 0 Å². The molecule has 0 bridgehead atoms. The van der Waals surface area contributed by atoms with Crippen molar-refractivity contribution in [2.24, 2.45) is 0 Å². The summed E-state index contributed by atoms with van der Waals surface area (Å²) in [5, 5.41) is 7.10. The van der Waals surface area contributed by atoms with Crippen LogP contribution in [0.5, 0.6) is 0 Å². The van der Waals surface area contributed by atoms with Crippen LogP contribution in [-0.4, -0.2) is 33.2 Å². The SMILES string of the molecule is O=C(COC(=O)c1cc(Cl)ccc1F)Nc1cc(Cl)ccc1-n1cncn1. The Morgan fingerprint density at radius 3 is 2.63 bits per heavy atom. The summed E-state index contributed by atoms with van der Waals surface area (Å²) in [6.45, 7) is -0.631. The number of halogens is 3. The van der Waals surface area contributed by atoms with Gasteiger partial charge in [0.05, 0.1) is 16.9 Å². The van der Waals surface area contributed by atoms with E-state index in [1.165, 1.54) is 29.5 Å². The van der Waals surface area contributed by atoms with E-state index in [0.29, 0.717) is 16.4 Å². The Labute approximate surface area is 162 Å². The van der Waals surface area contributed by atoms with E-state index < -0.39 is 24.3 Å². The molecule has 1 aromatic heterocycles. The first-order chi connectivity index (χ1) is 12.9. The molecule has 0 aliphatic rings. The number of carbonyl (C=O) groups is 2. The number of rotatable bonds is 5. The van der Waals surface area contributed by atoms with E-state index in [4.69, 9.17) is 27.9 Å². The molecule has 3 aromatic rings. The van der Waals surface area contributed by atoms with Gasteiger partial charge in [-0.15, -0.1) is 0 Å². The Bertz CT molecular complexity index is 996. The van der Waals surface area contributed by atoms with Gasteiger partial charge in [0.15, 0.2) is 6.61 Å². The second kappa shape index (κ2) is 8.15. The zero-order chi connectivity index (χ0) is 19.4. The third-order valence-electron chi connectivity index (χ3n) is 3.38. The average molecular weight is 409 g/mol. The van der Waals surface area contributed by atoms with E-state index in [2.05, 4.69) is 15.4 Å². The zero-order valence-corrected chi connectivity index (χ0v) is 15.0. The first-order valence-electron chi connectivity index (χ1n) is 7.50. The topological polar surface area (TPSA) is 86.1 Å². The number of anilines is 1. The summed E-state index contributed by atoms with van der Waals surface area (Å²) in [4.78, 5) is 27.9. The number of carbonyl (C=O) groups excluding carboxylic acids is 2. The number of ether oxygens (including phenoxy) is 1. The minimum atomic E-state index is -1.01. The van der Waals surface area contributed by atoms with Crippen molar-refractivity contribution in [2.45, 2.75) is 0 Å². The van der Waals surface area contributed by atoms with Gasteiger partial charge in [0.25, 0.3) is 5.91 Å². The summed E-state index contributed by atoms with van der Waals surface area (Å²) in [5.74, 6) is -2.45. The molecule has 10 heteroatoms. The summed E-state index contributed by atoms with van der Waals surface area (Å²) in [5.41, 5.74) is 0.488. The van der Waals surface area contributed by atoms with Crippen molar-refractivity contribution in [2.75, 3.05) is 11.9 Å². The van der Waals surface area contributed by atoms with E-state index in [9.17, 15) is 14.0 Å². The van der Waals surface area contributed by atoms with Crippen LogP contribution in [-0.2, 0) is 9.53 Å². The minimum Gasteiger partial charge on any atom is -0.452 e. The molecule has 1 heterocycles. The predicted octanol–water partition coefficient (Wildman–Crippen LogP) is 3.51. The molecule has 0 saturated heterocycles. The smallest absolute Gasteiger partial charge is 0.341 e. The first kappa shape index (κ1) is 18.8. The van der Waals surface area contributed by atoms with E-state index in [1.807, 2.05) is 0 Å². The van der Waals surface area contributed by atoms with Crippen LogP contribution in [0.15, 0.2) is 49.1 Å². The molecule has 27 heavy (non-hydrogen) atoms. The van der Waals surface area contributed by atoms with Crippen LogP contribution in [0.3, 0.4) is 0 Å². The number of hydrogen-bond acceptors (Lipinski definition) is 5. The van der Waals surface area contributed by atoms with Gasteiger partial charge in [-0.3, -0.25) is 4.79 Å². The number of aromatic nitrogens is 3.